The first-order valence-electron chi connectivity index (χ1n) is 5.56. The minimum atomic E-state index is -0.633. The van der Waals surface area contributed by atoms with Gasteiger partial charge in [0, 0.05) is 6.61 Å². The molecule has 0 saturated carbocycles. The molecule has 0 bridgehead atoms. The molecule has 1 aromatic rings. The molecule has 5 heteroatoms. The van der Waals surface area contributed by atoms with E-state index >= 15 is 0 Å². The van der Waals surface area contributed by atoms with Gasteiger partial charge in [0.25, 0.3) is 5.91 Å². The maximum atomic E-state index is 11.1. The van der Waals surface area contributed by atoms with Gasteiger partial charge in [-0.25, -0.2) is 0 Å². The lowest BCUT2D eigenvalue weighted by Crippen LogP contribution is -2.25. The summed E-state index contributed by atoms with van der Waals surface area (Å²) in [4.78, 5) is 11.1. The number of nitrogens with one attached hydrogen (secondary N) is 1. The average Bonchev–Trinajstić information content (AvgIpc) is 2.35. The summed E-state index contributed by atoms with van der Waals surface area (Å²) >= 11 is 0. The van der Waals surface area contributed by atoms with Crippen LogP contribution in [0.5, 0.6) is 5.75 Å². The van der Waals surface area contributed by atoms with Crippen LogP contribution < -0.4 is 10.1 Å². The van der Waals surface area contributed by atoms with E-state index < -0.39 is 6.10 Å². The second-order valence-corrected chi connectivity index (χ2v) is 3.97. The number of hydrogen-bond donors (Lipinski definition) is 3. The molecule has 1 aromatic carbocycles. The Balaban J connectivity index is 2.14. The van der Waals surface area contributed by atoms with E-state index in [0.717, 1.165) is 0 Å². The van der Waals surface area contributed by atoms with Crippen molar-refractivity contribution in [1.29, 1.82) is 0 Å². The summed E-state index contributed by atoms with van der Waals surface area (Å²) in [6.07, 6.45) is 0.400. The Morgan fingerprint density at radius 3 is 3.06 bits per heavy atom. The molecule has 0 aliphatic carbocycles. The molecule has 1 aliphatic heterocycles. The van der Waals surface area contributed by atoms with E-state index in [9.17, 15) is 9.90 Å². The van der Waals surface area contributed by atoms with Crippen LogP contribution in [-0.4, -0.2) is 29.3 Å². The van der Waals surface area contributed by atoms with Gasteiger partial charge in [0.2, 0.25) is 0 Å². The van der Waals surface area contributed by atoms with Crippen LogP contribution in [0.25, 0.3) is 0 Å². The van der Waals surface area contributed by atoms with Gasteiger partial charge in [0.1, 0.15) is 5.75 Å². The average molecular weight is 237 g/mol. The lowest BCUT2D eigenvalue weighted by atomic mass is 10.0. The van der Waals surface area contributed by atoms with Crippen molar-refractivity contribution in [1.82, 2.24) is 0 Å². The third-order valence-corrected chi connectivity index (χ3v) is 2.66. The monoisotopic (exact) mass is 237 g/mol. The van der Waals surface area contributed by atoms with Gasteiger partial charge in [-0.2, -0.15) is 0 Å². The molecule has 17 heavy (non-hydrogen) atoms. The summed E-state index contributed by atoms with van der Waals surface area (Å²) in [5.41, 5.74) is 1.30. The van der Waals surface area contributed by atoms with Crippen molar-refractivity contribution in [2.24, 2.45) is 0 Å². The van der Waals surface area contributed by atoms with Gasteiger partial charge < -0.3 is 20.3 Å². The molecule has 2 rings (SSSR count). The topological polar surface area (TPSA) is 78.8 Å². The van der Waals surface area contributed by atoms with Gasteiger partial charge in [0.05, 0.1) is 11.8 Å². The Hall–Kier alpha value is -1.59. The zero-order chi connectivity index (χ0) is 12.3. The fourth-order valence-corrected chi connectivity index (χ4v) is 1.76. The van der Waals surface area contributed by atoms with E-state index in [0.29, 0.717) is 29.8 Å². The quantitative estimate of drug-likeness (QED) is 0.724. The first kappa shape index (κ1) is 11.9. The smallest absolute Gasteiger partial charge is 0.262 e. The lowest BCUT2D eigenvalue weighted by Gasteiger charge is -2.19. The van der Waals surface area contributed by atoms with Gasteiger partial charge >= 0.3 is 0 Å². The summed E-state index contributed by atoms with van der Waals surface area (Å²) in [5.74, 6) is 0.419. The normalized spacial score (nSPS) is 15.8. The number of aliphatic hydroxyl groups excluding tert-OH is 2. The Morgan fingerprint density at radius 1 is 1.47 bits per heavy atom. The molecule has 1 aliphatic rings. The molecule has 1 unspecified atom stereocenters. The van der Waals surface area contributed by atoms with Crippen molar-refractivity contribution in [3.63, 3.8) is 0 Å². The molecule has 92 valence electrons. The second-order valence-electron chi connectivity index (χ2n) is 3.97. The fraction of sp³-hybridized carbons (Fsp3) is 0.417. The van der Waals surface area contributed by atoms with E-state index in [1.54, 1.807) is 18.2 Å². The van der Waals surface area contributed by atoms with Gasteiger partial charge in [0.15, 0.2) is 6.61 Å². The fourth-order valence-electron chi connectivity index (χ4n) is 1.76. The number of aliphatic hydroxyl groups is 2. The summed E-state index contributed by atoms with van der Waals surface area (Å²) in [6.45, 7) is 0.0846. The number of anilines is 1. The Labute approximate surface area is 99.0 Å². The molecule has 5 nitrogen and oxygen atoms in total. The number of carbonyl (C=O) groups excluding carboxylic acids is 1. The summed E-state index contributed by atoms with van der Waals surface area (Å²) in [7, 11) is 0. The van der Waals surface area contributed by atoms with E-state index in [1.807, 2.05) is 0 Å². The van der Waals surface area contributed by atoms with Crippen molar-refractivity contribution in [2.75, 3.05) is 18.5 Å². The molecule has 1 atom stereocenters. The van der Waals surface area contributed by atoms with Crippen molar-refractivity contribution < 1.29 is 19.7 Å². The predicted octanol–water partition coefficient (Wildman–Crippen LogP) is 0.823. The van der Waals surface area contributed by atoms with E-state index in [1.165, 1.54) is 0 Å². The van der Waals surface area contributed by atoms with Crippen LogP contribution in [0.15, 0.2) is 18.2 Å². The van der Waals surface area contributed by atoms with Gasteiger partial charge in [-0.3, -0.25) is 4.79 Å². The van der Waals surface area contributed by atoms with Crippen LogP contribution in [0, 0.1) is 0 Å². The zero-order valence-corrected chi connectivity index (χ0v) is 9.35. The SMILES string of the molecule is O=C1COc2ccc(C(O)CCCO)cc2N1. The molecule has 1 heterocycles. The zero-order valence-electron chi connectivity index (χ0n) is 9.35. The third-order valence-electron chi connectivity index (χ3n) is 2.66. The molecule has 0 spiro atoms. The number of carbonyl (C=O) groups is 1. The largest absolute Gasteiger partial charge is 0.482 e. The molecule has 3 N–H and O–H groups in total. The number of ether oxygens (including phenoxy) is 1. The van der Waals surface area contributed by atoms with Crippen LogP contribution >= 0.6 is 0 Å². The lowest BCUT2D eigenvalue weighted by molar-refractivity contribution is -0.118. The highest BCUT2D eigenvalue weighted by Crippen LogP contribution is 2.31. The number of hydrogen-bond acceptors (Lipinski definition) is 4. The van der Waals surface area contributed by atoms with Crippen molar-refractivity contribution in [2.45, 2.75) is 18.9 Å². The summed E-state index contributed by atoms with van der Waals surface area (Å²) in [6, 6.07) is 5.19. The van der Waals surface area contributed by atoms with Crippen LogP contribution in [0.1, 0.15) is 24.5 Å². The maximum Gasteiger partial charge on any atom is 0.262 e. The van der Waals surface area contributed by atoms with E-state index in [2.05, 4.69) is 5.32 Å². The minimum absolute atomic E-state index is 0.0272. The summed E-state index contributed by atoms with van der Waals surface area (Å²) in [5, 5.41) is 21.2. The standard InChI is InChI=1S/C12H15NO4/c14-5-1-2-10(15)8-3-4-11-9(6-8)13-12(16)7-17-11/h3-4,6,10,14-15H,1-2,5,7H2,(H,13,16). The predicted molar refractivity (Wildman–Crippen MR) is 61.8 cm³/mol. The van der Waals surface area contributed by atoms with Gasteiger partial charge in [-0.05, 0) is 30.5 Å². The Morgan fingerprint density at radius 2 is 2.29 bits per heavy atom. The van der Waals surface area contributed by atoms with Gasteiger partial charge in [-0.15, -0.1) is 0 Å². The van der Waals surface area contributed by atoms with E-state index in [-0.39, 0.29) is 19.1 Å². The highest BCUT2D eigenvalue weighted by molar-refractivity contribution is 5.95. The number of amides is 1. The Bertz CT molecular complexity index is 419. The summed E-state index contributed by atoms with van der Waals surface area (Å²) < 4.78 is 5.22. The highest BCUT2D eigenvalue weighted by Gasteiger charge is 2.17. The van der Waals surface area contributed by atoms with E-state index in [4.69, 9.17) is 9.84 Å². The molecule has 1 amide bonds. The van der Waals surface area contributed by atoms with Crippen molar-refractivity contribution >= 4 is 11.6 Å². The van der Waals surface area contributed by atoms with Crippen LogP contribution in [0.4, 0.5) is 5.69 Å². The Kier molecular flexibility index (Phi) is 3.61. The molecule has 0 radical (unpaired) electrons. The first-order chi connectivity index (χ1) is 8.20. The van der Waals surface area contributed by atoms with Crippen LogP contribution in [-0.2, 0) is 4.79 Å². The third kappa shape index (κ3) is 2.75. The molecular formula is C12H15NO4. The van der Waals surface area contributed by atoms with Crippen molar-refractivity contribution in [3.8, 4) is 5.75 Å². The maximum absolute atomic E-state index is 11.1. The molecule has 0 aromatic heterocycles. The highest BCUT2D eigenvalue weighted by atomic mass is 16.5. The molecule has 0 saturated heterocycles. The molecule has 0 fully saturated rings. The van der Waals surface area contributed by atoms with Crippen molar-refractivity contribution in [3.05, 3.63) is 23.8 Å². The second kappa shape index (κ2) is 5.16. The van der Waals surface area contributed by atoms with Crippen LogP contribution in [0.3, 0.4) is 0 Å². The number of rotatable bonds is 4. The molecular weight excluding hydrogens is 222 g/mol. The van der Waals surface area contributed by atoms with Gasteiger partial charge in [-0.1, -0.05) is 6.07 Å². The number of benzene rings is 1. The van der Waals surface area contributed by atoms with Crippen LogP contribution in [0.2, 0.25) is 0 Å². The first-order valence-corrected chi connectivity index (χ1v) is 5.56. The number of fused-ring (bicyclic) bond motifs is 1. The minimum Gasteiger partial charge on any atom is -0.482 e.